The summed E-state index contributed by atoms with van der Waals surface area (Å²) in [6.07, 6.45) is 4.06. The van der Waals surface area contributed by atoms with Gasteiger partial charge in [-0.05, 0) is 12.8 Å². The van der Waals surface area contributed by atoms with Crippen LogP contribution in [0.1, 0.15) is 26.7 Å². The van der Waals surface area contributed by atoms with Crippen LogP contribution in [-0.2, 0) is 0 Å². The Hall–Kier alpha value is -0.640. The minimum atomic E-state index is 0.567. The minimum absolute atomic E-state index is 0.567. The van der Waals surface area contributed by atoms with E-state index < -0.39 is 0 Å². The number of rotatable bonds is 4. The predicted molar refractivity (Wildman–Crippen MR) is 47.9 cm³/mol. The van der Waals surface area contributed by atoms with Crippen molar-refractivity contribution in [1.29, 1.82) is 0 Å². The summed E-state index contributed by atoms with van der Waals surface area (Å²) >= 11 is 1.41. The van der Waals surface area contributed by atoms with Crippen molar-refractivity contribution >= 4 is 16.5 Å². The normalized spacial score (nSPS) is 10.5. The molecule has 0 saturated carbocycles. The number of aromatic nitrogens is 2. The van der Waals surface area contributed by atoms with E-state index in [-0.39, 0.29) is 0 Å². The van der Waals surface area contributed by atoms with Crippen LogP contribution in [0.4, 0.5) is 5.00 Å². The fourth-order valence-corrected chi connectivity index (χ4v) is 1.42. The van der Waals surface area contributed by atoms with Crippen molar-refractivity contribution in [2.24, 2.45) is 0 Å². The highest BCUT2D eigenvalue weighted by Crippen LogP contribution is 2.13. The first-order valence-corrected chi connectivity index (χ1v) is 4.68. The number of nitrogens with one attached hydrogen (secondary N) is 1. The van der Waals surface area contributed by atoms with E-state index >= 15 is 0 Å². The molecule has 1 rings (SSSR count). The Bertz CT molecular complexity index is 182. The molecule has 0 aromatic carbocycles. The molecule has 0 amide bonds. The minimum Gasteiger partial charge on any atom is -0.372 e. The lowest BCUT2D eigenvalue weighted by Gasteiger charge is -2.12. The molecule has 11 heavy (non-hydrogen) atoms. The van der Waals surface area contributed by atoms with Crippen LogP contribution < -0.4 is 5.32 Å². The summed E-state index contributed by atoms with van der Waals surface area (Å²) in [5.74, 6) is 0. The molecule has 0 aliphatic heterocycles. The standard InChI is InChI=1S/C7H13N3S/c1-3-6(4-2)9-7-5-8-10-11-7/h5-6,9H,3-4H2,1-2H3. The molecule has 0 atom stereocenters. The van der Waals surface area contributed by atoms with Crippen LogP contribution >= 0.6 is 11.5 Å². The van der Waals surface area contributed by atoms with Crippen molar-refractivity contribution in [2.75, 3.05) is 5.32 Å². The molecule has 0 aliphatic rings. The quantitative estimate of drug-likeness (QED) is 0.754. The number of anilines is 1. The highest BCUT2D eigenvalue weighted by Gasteiger charge is 2.03. The number of nitrogens with zero attached hydrogens (tertiary/aromatic N) is 2. The monoisotopic (exact) mass is 171 g/mol. The van der Waals surface area contributed by atoms with Gasteiger partial charge in [0.1, 0.15) is 5.00 Å². The lowest BCUT2D eigenvalue weighted by Crippen LogP contribution is -2.15. The van der Waals surface area contributed by atoms with Gasteiger partial charge in [0.2, 0.25) is 0 Å². The molecule has 0 fully saturated rings. The molecule has 1 heterocycles. The summed E-state index contributed by atoms with van der Waals surface area (Å²) in [6.45, 7) is 4.35. The largest absolute Gasteiger partial charge is 0.372 e. The van der Waals surface area contributed by atoms with Crippen molar-refractivity contribution in [3.63, 3.8) is 0 Å². The maximum Gasteiger partial charge on any atom is 0.130 e. The summed E-state index contributed by atoms with van der Waals surface area (Å²) < 4.78 is 3.77. The van der Waals surface area contributed by atoms with Gasteiger partial charge in [-0.15, -0.1) is 5.10 Å². The Morgan fingerprint density at radius 1 is 1.55 bits per heavy atom. The molecular weight excluding hydrogens is 158 g/mol. The highest BCUT2D eigenvalue weighted by molar-refractivity contribution is 7.09. The Morgan fingerprint density at radius 2 is 2.27 bits per heavy atom. The van der Waals surface area contributed by atoms with Crippen molar-refractivity contribution in [1.82, 2.24) is 9.59 Å². The lowest BCUT2D eigenvalue weighted by atomic mass is 10.2. The molecule has 0 saturated heterocycles. The summed E-state index contributed by atoms with van der Waals surface area (Å²) in [5.41, 5.74) is 0. The van der Waals surface area contributed by atoms with Crippen LogP contribution in [0, 0.1) is 0 Å². The van der Waals surface area contributed by atoms with Crippen LogP contribution in [-0.4, -0.2) is 15.6 Å². The first-order chi connectivity index (χ1) is 5.36. The summed E-state index contributed by atoms with van der Waals surface area (Å²) in [4.78, 5) is 0. The van der Waals surface area contributed by atoms with E-state index in [0.717, 1.165) is 17.8 Å². The predicted octanol–water partition coefficient (Wildman–Crippen LogP) is 2.14. The van der Waals surface area contributed by atoms with Gasteiger partial charge in [0.05, 0.1) is 6.20 Å². The van der Waals surface area contributed by atoms with Crippen LogP contribution in [0.15, 0.2) is 6.20 Å². The molecule has 1 aromatic rings. The van der Waals surface area contributed by atoms with E-state index in [1.165, 1.54) is 11.5 Å². The van der Waals surface area contributed by atoms with Gasteiger partial charge in [0, 0.05) is 17.6 Å². The van der Waals surface area contributed by atoms with Crippen LogP contribution in [0.5, 0.6) is 0 Å². The summed E-state index contributed by atoms with van der Waals surface area (Å²) in [7, 11) is 0. The molecule has 62 valence electrons. The zero-order valence-electron chi connectivity index (χ0n) is 6.87. The van der Waals surface area contributed by atoms with E-state index in [2.05, 4.69) is 28.8 Å². The van der Waals surface area contributed by atoms with Gasteiger partial charge in [-0.3, -0.25) is 0 Å². The topological polar surface area (TPSA) is 37.8 Å². The second-order valence-corrected chi connectivity index (χ2v) is 3.23. The van der Waals surface area contributed by atoms with Crippen molar-refractivity contribution < 1.29 is 0 Å². The smallest absolute Gasteiger partial charge is 0.130 e. The average molecular weight is 171 g/mol. The zero-order valence-corrected chi connectivity index (χ0v) is 7.69. The van der Waals surface area contributed by atoms with Gasteiger partial charge in [0.25, 0.3) is 0 Å². The molecule has 1 N–H and O–H groups in total. The molecule has 0 radical (unpaired) electrons. The number of hydrogen-bond donors (Lipinski definition) is 1. The molecule has 0 bridgehead atoms. The fraction of sp³-hybridized carbons (Fsp3) is 0.714. The van der Waals surface area contributed by atoms with Crippen molar-refractivity contribution in [3.8, 4) is 0 Å². The lowest BCUT2D eigenvalue weighted by molar-refractivity contribution is 0.673. The molecule has 0 spiro atoms. The van der Waals surface area contributed by atoms with Gasteiger partial charge in [-0.2, -0.15) is 0 Å². The van der Waals surface area contributed by atoms with Crippen molar-refractivity contribution in [2.45, 2.75) is 32.7 Å². The van der Waals surface area contributed by atoms with Crippen LogP contribution in [0.2, 0.25) is 0 Å². The van der Waals surface area contributed by atoms with Crippen molar-refractivity contribution in [3.05, 3.63) is 6.20 Å². The number of hydrogen-bond acceptors (Lipinski definition) is 4. The van der Waals surface area contributed by atoms with E-state index in [4.69, 9.17) is 0 Å². The molecule has 1 aromatic heterocycles. The van der Waals surface area contributed by atoms with E-state index in [1.807, 2.05) is 0 Å². The highest BCUT2D eigenvalue weighted by atomic mass is 32.1. The molecule has 0 unspecified atom stereocenters. The zero-order chi connectivity index (χ0) is 8.10. The van der Waals surface area contributed by atoms with Gasteiger partial charge in [-0.25, -0.2) is 0 Å². The third kappa shape index (κ3) is 2.46. The van der Waals surface area contributed by atoms with Gasteiger partial charge >= 0.3 is 0 Å². The molecule has 3 nitrogen and oxygen atoms in total. The van der Waals surface area contributed by atoms with E-state index in [1.54, 1.807) is 6.20 Å². The third-order valence-electron chi connectivity index (χ3n) is 1.69. The second-order valence-electron chi connectivity index (χ2n) is 2.44. The Labute approximate surface area is 71.0 Å². The van der Waals surface area contributed by atoms with E-state index in [0.29, 0.717) is 6.04 Å². The first kappa shape index (κ1) is 8.46. The second kappa shape index (κ2) is 4.28. The van der Waals surface area contributed by atoms with Crippen LogP contribution in [0.25, 0.3) is 0 Å². The van der Waals surface area contributed by atoms with Gasteiger partial charge in [0.15, 0.2) is 0 Å². The Kier molecular flexibility index (Phi) is 3.29. The molecule has 4 heteroatoms. The summed E-state index contributed by atoms with van der Waals surface area (Å²) in [6, 6.07) is 0.567. The van der Waals surface area contributed by atoms with Gasteiger partial charge < -0.3 is 5.32 Å². The van der Waals surface area contributed by atoms with E-state index in [9.17, 15) is 0 Å². The van der Waals surface area contributed by atoms with Crippen LogP contribution in [0.3, 0.4) is 0 Å². The Balaban J connectivity index is 2.41. The Morgan fingerprint density at radius 3 is 2.73 bits per heavy atom. The third-order valence-corrected chi connectivity index (χ3v) is 2.29. The summed E-state index contributed by atoms with van der Waals surface area (Å²) in [5, 5.41) is 8.17. The average Bonchev–Trinajstić information content (AvgIpc) is 2.52. The fourth-order valence-electron chi connectivity index (χ4n) is 0.925. The first-order valence-electron chi connectivity index (χ1n) is 3.90. The van der Waals surface area contributed by atoms with Gasteiger partial charge in [-0.1, -0.05) is 18.3 Å². The molecule has 0 aliphatic carbocycles. The SMILES string of the molecule is CCC(CC)Nc1cnns1. The molecular formula is C7H13N3S. The maximum absolute atomic E-state index is 3.77. The maximum atomic E-state index is 3.77.